The Morgan fingerprint density at radius 1 is 1.18 bits per heavy atom. The summed E-state index contributed by atoms with van der Waals surface area (Å²) in [4.78, 5) is 21.5. The highest BCUT2D eigenvalue weighted by Crippen LogP contribution is 2.22. The van der Waals surface area contributed by atoms with E-state index in [4.69, 9.17) is 5.11 Å². The number of aromatic carboxylic acids is 1. The van der Waals surface area contributed by atoms with Gasteiger partial charge in [-0.05, 0) is 7.05 Å². The number of likely N-dealkylation sites (N-methyl/N-ethyl adjacent to an activating group) is 1. The lowest BCUT2D eigenvalue weighted by Gasteiger charge is -2.37. The van der Waals surface area contributed by atoms with Gasteiger partial charge in [-0.3, -0.25) is 4.90 Å². The molecule has 2 N–H and O–H groups in total. The van der Waals surface area contributed by atoms with E-state index < -0.39 is 12.1 Å². The van der Waals surface area contributed by atoms with Crippen LogP contribution in [0.25, 0.3) is 0 Å². The van der Waals surface area contributed by atoms with Gasteiger partial charge in [-0.15, -0.1) is 5.10 Å². The summed E-state index contributed by atoms with van der Waals surface area (Å²) < 4.78 is 1.46. The summed E-state index contributed by atoms with van der Waals surface area (Å²) in [6.45, 7) is 4.95. The molecule has 0 unspecified atom stereocenters. The lowest BCUT2D eigenvalue weighted by atomic mass is 10.1. The van der Waals surface area contributed by atoms with Gasteiger partial charge < -0.3 is 20.0 Å². The summed E-state index contributed by atoms with van der Waals surface area (Å²) in [6.07, 6.45) is -0.464. The third-order valence-corrected chi connectivity index (χ3v) is 4.48. The minimum atomic E-state index is -1.14. The fraction of sp³-hybridized carbons (Fsp3) is 0.769. The number of rotatable bonds is 3. The van der Waals surface area contributed by atoms with E-state index in [0.29, 0.717) is 19.0 Å². The normalized spacial score (nSPS) is 27.5. The second kappa shape index (κ2) is 5.82. The number of hydrogen-bond acceptors (Lipinski definition) is 7. The molecular weight excluding hydrogens is 288 g/mol. The molecule has 2 atom stereocenters. The van der Waals surface area contributed by atoms with Crippen LogP contribution < -0.4 is 4.90 Å². The summed E-state index contributed by atoms with van der Waals surface area (Å²) in [7, 11) is 3.77. The Morgan fingerprint density at radius 3 is 2.45 bits per heavy atom. The molecule has 1 aromatic heterocycles. The molecule has 2 aliphatic rings. The lowest BCUT2D eigenvalue weighted by Crippen LogP contribution is -2.52. The van der Waals surface area contributed by atoms with Crippen molar-refractivity contribution in [1.29, 1.82) is 0 Å². The maximum atomic E-state index is 11.0. The van der Waals surface area contributed by atoms with Gasteiger partial charge in [0.05, 0.1) is 12.1 Å². The number of hydrogen-bond donors (Lipinski definition) is 2. The molecule has 3 heterocycles. The van der Waals surface area contributed by atoms with Gasteiger partial charge in [-0.2, -0.15) is 4.98 Å². The molecule has 0 aromatic carbocycles. The van der Waals surface area contributed by atoms with Crippen molar-refractivity contribution in [2.45, 2.75) is 12.1 Å². The first kappa shape index (κ1) is 15.2. The third-order valence-electron chi connectivity index (χ3n) is 4.48. The number of aryl methyl sites for hydroxylation is 1. The maximum Gasteiger partial charge on any atom is 0.375 e. The Hall–Kier alpha value is -1.71. The molecule has 122 valence electrons. The summed E-state index contributed by atoms with van der Waals surface area (Å²) in [5, 5.41) is 23.2. The van der Waals surface area contributed by atoms with Crippen LogP contribution in [0, 0.1) is 0 Å². The Labute approximate surface area is 128 Å². The molecule has 0 saturated carbocycles. The van der Waals surface area contributed by atoms with Crippen LogP contribution in [0.4, 0.5) is 5.95 Å². The average Bonchev–Trinajstić information content (AvgIpc) is 3.03. The van der Waals surface area contributed by atoms with E-state index in [9.17, 15) is 9.90 Å². The van der Waals surface area contributed by atoms with Crippen LogP contribution in [0.5, 0.6) is 0 Å². The van der Waals surface area contributed by atoms with Crippen LogP contribution >= 0.6 is 0 Å². The monoisotopic (exact) mass is 310 g/mol. The van der Waals surface area contributed by atoms with Crippen LogP contribution in [0.15, 0.2) is 0 Å². The molecule has 3 rings (SSSR count). The average molecular weight is 310 g/mol. The number of carboxylic acids is 1. The van der Waals surface area contributed by atoms with Gasteiger partial charge >= 0.3 is 5.97 Å². The molecule has 2 fully saturated rings. The van der Waals surface area contributed by atoms with E-state index >= 15 is 0 Å². The van der Waals surface area contributed by atoms with Crippen molar-refractivity contribution < 1.29 is 15.0 Å². The summed E-state index contributed by atoms with van der Waals surface area (Å²) in [5.74, 6) is -0.861. The van der Waals surface area contributed by atoms with Crippen LogP contribution in [0.2, 0.25) is 0 Å². The molecule has 0 amide bonds. The first-order chi connectivity index (χ1) is 10.5. The Kier molecular flexibility index (Phi) is 4.02. The number of aliphatic hydroxyl groups is 1. The molecule has 2 aliphatic heterocycles. The number of carbonyl (C=O) groups is 1. The molecule has 1 aromatic rings. The molecule has 0 bridgehead atoms. The largest absolute Gasteiger partial charge is 0.475 e. The van der Waals surface area contributed by atoms with E-state index in [1.165, 1.54) is 4.68 Å². The van der Waals surface area contributed by atoms with Crippen molar-refractivity contribution in [1.82, 2.24) is 24.6 Å². The summed E-state index contributed by atoms with van der Waals surface area (Å²) >= 11 is 0. The maximum absolute atomic E-state index is 11.0. The van der Waals surface area contributed by atoms with Crippen molar-refractivity contribution in [3.63, 3.8) is 0 Å². The predicted molar refractivity (Wildman–Crippen MR) is 79.0 cm³/mol. The highest BCUT2D eigenvalue weighted by Gasteiger charge is 2.38. The molecular formula is C13H22N6O3. The zero-order valence-electron chi connectivity index (χ0n) is 12.9. The van der Waals surface area contributed by atoms with Gasteiger partial charge in [0.2, 0.25) is 5.95 Å². The SMILES string of the molecule is CN1CCN([C@H]2CN(c3nc(C(=O)O)nn3C)C[C@@H]2O)CC1. The second-order valence-electron chi connectivity index (χ2n) is 6.04. The van der Waals surface area contributed by atoms with Gasteiger partial charge in [-0.25, -0.2) is 9.48 Å². The molecule has 0 spiro atoms. The number of aliphatic hydroxyl groups excluding tert-OH is 1. The lowest BCUT2D eigenvalue weighted by molar-refractivity contribution is 0.0512. The van der Waals surface area contributed by atoms with Crippen LogP contribution in [-0.2, 0) is 7.05 Å². The van der Waals surface area contributed by atoms with Crippen molar-refractivity contribution in [2.75, 3.05) is 51.2 Å². The fourth-order valence-electron chi connectivity index (χ4n) is 3.19. The van der Waals surface area contributed by atoms with E-state index in [1.54, 1.807) is 7.05 Å². The molecule has 0 radical (unpaired) electrons. The standard InChI is InChI=1S/C13H22N6O3/c1-16-3-5-18(6-4-16)9-7-19(8-10(9)20)13-14-11(12(21)22)15-17(13)2/h9-10,20H,3-8H2,1-2H3,(H,21,22)/t9-,10-/m0/s1. The Morgan fingerprint density at radius 2 is 1.86 bits per heavy atom. The molecule has 22 heavy (non-hydrogen) atoms. The number of nitrogens with zero attached hydrogens (tertiary/aromatic N) is 6. The first-order valence-corrected chi connectivity index (χ1v) is 7.45. The highest BCUT2D eigenvalue weighted by molar-refractivity contribution is 5.83. The molecule has 0 aliphatic carbocycles. The quantitative estimate of drug-likeness (QED) is 0.682. The molecule has 9 nitrogen and oxygen atoms in total. The Bertz CT molecular complexity index is 554. The van der Waals surface area contributed by atoms with Gasteiger partial charge in [0.25, 0.3) is 5.82 Å². The van der Waals surface area contributed by atoms with Crippen LogP contribution in [0.3, 0.4) is 0 Å². The smallest absolute Gasteiger partial charge is 0.375 e. The number of anilines is 1. The van der Waals surface area contributed by atoms with E-state index in [2.05, 4.69) is 26.9 Å². The highest BCUT2D eigenvalue weighted by atomic mass is 16.4. The van der Waals surface area contributed by atoms with Crippen molar-refractivity contribution >= 4 is 11.9 Å². The van der Waals surface area contributed by atoms with Crippen LogP contribution in [0.1, 0.15) is 10.6 Å². The zero-order valence-corrected chi connectivity index (χ0v) is 12.9. The van der Waals surface area contributed by atoms with Crippen LogP contribution in [-0.4, -0.2) is 99.2 Å². The third kappa shape index (κ3) is 2.79. The number of carboxylic acid groups (broad SMARTS) is 1. The number of piperazine rings is 1. The number of aromatic nitrogens is 3. The first-order valence-electron chi connectivity index (χ1n) is 7.45. The van der Waals surface area contributed by atoms with E-state index in [1.807, 2.05) is 4.90 Å². The predicted octanol–water partition coefficient (Wildman–Crippen LogP) is -1.69. The summed E-state index contributed by atoms with van der Waals surface area (Å²) in [5.41, 5.74) is 0. The zero-order chi connectivity index (χ0) is 15.9. The van der Waals surface area contributed by atoms with Gasteiger partial charge in [0, 0.05) is 46.3 Å². The van der Waals surface area contributed by atoms with Gasteiger partial charge in [-0.1, -0.05) is 0 Å². The second-order valence-corrected chi connectivity index (χ2v) is 6.04. The van der Waals surface area contributed by atoms with Crippen molar-refractivity contribution in [3.05, 3.63) is 5.82 Å². The minimum Gasteiger partial charge on any atom is -0.475 e. The molecule has 9 heteroatoms. The fourth-order valence-corrected chi connectivity index (χ4v) is 3.19. The van der Waals surface area contributed by atoms with E-state index in [-0.39, 0.29) is 11.9 Å². The summed E-state index contributed by atoms with van der Waals surface area (Å²) in [6, 6.07) is 0.0543. The van der Waals surface area contributed by atoms with Gasteiger partial charge in [0.1, 0.15) is 0 Å². The van der Waals surface area contributed by atoms with Crippen molar-refractivity contribution in [2.24, 2.45) is 7.05 Å². The number of β-amino-alcohol motifs (C(OH)–C–C–N with tert-alkyl or cyclic N) is 1. The topological polar surface area (TPSA) is 98.0 Å². The molecule has 2 saturated heterocycles. The van der Waals surface area contributed by atoms with E-state index in [0.717, 1.165) is 26.2 Å². The Balaban J connectivity index is 1.71. The van der Waals surface area contributed by atoms with Gasteiger partial charge in [0.15, 0.2) is 0 Å². The van der Waals surface area contributed by atoms with Crippen molar-refractivity contribution in [3.8, 4) is 0 Å². The minimum absolute atomic E-state index is 0.0543.